The number of anilines is 1. The molecule has 58 heavy (non-hydrogen) atoms. The molecule has 0 aromatic heterocycles. The highest BCUT2D eigenvalue weighted by molar-refractivity contribution is 5.97. The Balaban J connectivity index is 1.35. The first-order valence-corrected chi connectivity index (χ1v) is 19.4. The Kier molecular flexibility index (Phi) is 13.9. The Morgan fingerprint density at radius 3 is 1.53 bits per heavy atom. The molecular weight excluding hydrogens is 733 g/mol. The first-order valence-electron chi connectivity index (χ1n) is 19.4. The summed E-state index contributed by atoms with van der Waals surface area (Å²) in [6.45, 7) is 0. The van der Waals surface area contributed by atoms with E-state index in [9.17, 15) is 33.9 Å². The van der Waals surface area contributed by atoms with Crippen molar-refractivity contribution in [2.45, 2.75) is 63.1 Å². The summed E-state index contributed by atoms with van der Waals surface area (Å²) in [5, 5.41) is 21.5. The van der Waals surface area contributed by atoms with Gasteiger partial charge >= 0.3 is 5.97 Å². The molecule has 0 unspecified atom stereocenters. The molecule has 0 radical (unpaired) electrons. The molecule has 0 saturated carbocycles. The maximum absolute atomic E-state index is 14.4. The van der Waals surface area contributed by atoms with Crippen molar-refractivity contribution < 1.29 is 33.9 Å². The molecule has 0 aliphatic carbocycles. The first-order chi connectivity index (χ1) is 28.1. The van der Waals surface area contributed by atoms with Gasteiger partial charge in [-0.25, -0.2) is 0 Å². The minimum atomic E-state index is -1.20. The monoisotopic (exact) mass is 778 g/mol. The summed E-state index contributed by atoms with van der Waals surface area (Å²) < 4.78 is 0. The predicted molar refractivity (Wildman–Crippen MR) is 220 cm³/mol. The van der Waals surface area contributed by atoms with Gasteiger partial charge in [-0.3, -0.25) is 28.8 Å². The van der Waals surface area contributed by atoms with Crippen molar-refractivity contribution in [2.75, 3.05) is 5.32 Å². The van der Waals surface area contributed by atoms with Crippen LogP contribution in [0.4, 0.5) is 5.69 Å². The fourth-order valence-electron chi connectivity index (χ4n) is 6.97. The molecule has 0 fully saturated rings. The van der Waals surface area contributed by atoms with Crippen molar-refractivity contribution in [2.24, 2.45) is 5.92 Å². The predicted octanol–water partition coefficient (Wildman–Crippen LogP) is 5.47. The van der Waals surface area contributed by atoms with Crippen molar-refractivity contribution >= 4 is 41.1 Å². The molecule has 0 spiro atoms. The molecule has 4 amide bonds. The van der Waals surface area contributed by atoms with Gasteiger partial charge in [-0.1, -0.05) is 127 Å². The Morgan fingerprint density at radius 1 is 0.500 bits per heavy atom. The number of carboxylic acids is 1. The molecule has 0 saturated heterocycles. The number of hydrogen-bond donors (Lipinski definition) is 5. The number of rotatable bonds is 8. The Labute approximate surface area is 337 Å². The van der Waals surface area contributed by atoms with Crippen LogP contribution in [0.5, 0.6) is 0 Å². The third kappa shape index (κ3) is 11.8. The van der Waals surface area contributed by atoms with E-state index >= 15 is 0 Å². The fourth-order valence-corrected chi connectivity index (χ4v) is 6.97. The number of fused-ring (bicyclic) bond motifs is 18. The number of carboxylic acid groups (broad SMARTS) is 1. The van der Waals surface area contributed by atoms with Gasteiger partial charge in [0.05, 0.1) is 12.0 Å². The highest BCUT2D eigenvalue weighted by Gasteiger charge is 2.32. The lowest BCUT2D eigenvalue weighted by atomic mass is 9.90. The highest BCUT2D eigenvalue weighted by atomic mass is 16.4. The van der Waals surface area contributed by atoms with Crippen molar-refractivity contribution in [3.05, 3.63) is 162 Å². The maximum atomic E-state index is 14.4. The van der Waals surface area contributed by atoms with Crippen LogP contribution in [-0.2, 0) is 54.5 Å². The summed E-state index contributed by atoms with van der Waals surface area (Å²) in [5.41, 5.74) is 5.29. The van der Waals surface area contributed by atoms with E-state index in [1.54, 1.807) is 24.3 Å². The number of Topliss-reactive ketones (excluding diaryl/α,β-unsaturated/α-hetero) is 1. The molecule has 5 aromatic rings. The molecule has 4 atom stereocenters. The summed E-state index contributed by atoms with van der Waals surface area (Å²) in [5.74, 6) is -4.99. The Morgan fingerprint density at radius 2 is 0.966 bits per heavy atom. The number of nitrogens with one attached hydrogen (secondary N) is 4. The van der Waals surface area contributed by atoms with Crippen LogP contribution >= 0.6 is 0 Å². The van der Waals surface area contributed by atoms with Gasteiger partial charge in [0.15, 0.2) is 5.78 Å². The molecule has 5 N–H and O–H groups in total. The van der Waals surface area contributed by atoms with E-state index in [-0.39, 0.29) is 44.9 Å². The quantitative estimate of drug-likeness (QED) is 0.130. The van der Waals surface area contributed by atoms with Crippen molar-refractivity contribution in [3.63, 3.8) is 0 Å². The molecule has 2 bridgehead atoms. The number of hydrogen-bond acceptors (Lipinski definition) is 6. The molecule has 7 rings (SSSR count). The molecule has 11 nitrogen and oxygen atoms in total. The average molecular weight is 779 g/mol. The van der Waals surface area contributed by atoms with Crippen molar-refractivity contribution in [1.29, 1.82) is 0 Å². The number of ketones is 1. The Hall–Kier alpha value is -6.88. The molecule has 11 heteroatoms. The van der Waals surface area contributed by atoms with Gasteiger partial charge in [0.2, 0.25) is 23.6 Å². The van der Waals surface area contributed by atoms with Gasteiger partial charge in [-0.15, -0.1) is 0 Å². The zero-order chi connectivity index (χ0) is 40.9. The van der Waals surface area contributed by atoms with Gasteiger partial charge in [-0.05, 0) is 58.4 Å². The summed E-state index contributed by atoms with van der Waals surface area (Å²) in [7, 11) is 0. The van der Waals surface area contributed by atoms with Crippen LogP contribution in [0.3, 0.4) is 0 Å². The lowest BCUT2D eigenvalue weighted by Gasteiger charge is -2.26. The number of carbonyl (C=O) groups excluding carboxylic acids is 5. The van der Waals surface area contributed by atoms with Gasteiger partial charge in [-0.2, -0.15) is 0 Å². The van der Waals surface area contributed by atoms with E-state index in [4.69, 9.17) is 0 Å². The van der Waals surface area contributed by atoms with Crippen LogP contribution in [0, 0.1) is 5.92 Å². The van der Waals surface area contributed by atoms with E-state index < -0.39 is 59.4 Å². The summed E-state index contributed by atoms with van der Waals surface area (Å²) in [6, 6.07) is 38.7. The van der Waals surface area contributed by atoms with Crippen LogP contribution in [-0.4, -0.2) is 58.6 Å². The lowest BCUT2D eigenvalue weighted by Crippen LogP contribution is -2.57. The third-order valence-corrected chi connectivity index (χ3v) is 10.2. The fraction of sp³-hybridized carbons (Fsp3) is 0.234. The summed E-state index contributed by atoms with van der Waals surface area (Å²) in [6.07, 6.45) is -0.476. The maximum Gasteiger partial charge on any atom is 0.307 e. The topological polar surface area (TPSA) is 171 Å². The van der Waals surface area contributed by atoms with Gasteiger partial charge in [0, 0.05) is 37.8 Å². The number of amides is 4. The van der Waals surface area contributed by atoms with Crippen LogP contribution in [0.25, 0.3) is 11.1 Å². The van der Waals surface area contributed by atoms with Crippen molar-refractivity contribution in [3.8, 4) is 11.1 Å². The zero-order valence-electron chi connectivity index (χ0n) is 31.9. The second kappa shape index (κ2) is 19.8. The zero-order valence-corrected chi connectivity index (χ0v) is 31.9. The smallest absolute Gasteiger partial charge is 0.307 e. The lowest BCUT2D eigenvalue weighted by molar-refractivity contribution is -0.144. The minimum Gasteiger partial charge on any atom is -0.481 e. The van der Waals surface area contributed by atoms with Gasteiger partial charge in [0.1, 0.15) is 12.1 Å². The van der Waals surface area contributed by atoms with Crippen LogP contribution < -0.4 is 21.3 Å². The first kappa shape index (κ1) is 40.8. The normalized spacial score (nSPS) is 19.8. The highest BCUT2D eigenvalue weighted by Crippen LogP contribution is 2.21. The van der Waals surface area contributed by atoms with Crippen LogP contribution in [0.1, 0.15) is 41.5 Å². The van der Waals surface area contributed by atoms with Gasteiger partial charge in [0.25, 0.3) is 0 Å². The van der Waals surface area contributed by atoms with Crippen LogP contribution in [0.2, 0.25) is 0 Å². The summed E-state index contributed by atoms with van der Waals surface area (Å²) in [4.78, 5) is 81.5. The average Bonchev–Trinajstić information content (AvgIpc) is 3.23. The van der Waals surface area contributed by atoms with Crippen LogP contribution in [0.15, 0.2) is 140 Å². The standard InChI is InChI=1S/C47H46N4O7/c52-42-30-37(47(57)58)26-33-18-22-38(23-19-33)48-43(53)24-25-44(54)49-40(28-32-12-6-2-7-13-32)45(55)51-41(46(56)50-39(42)27-31-10-4-1-5-11-31)29-34-16-20-36(21-17-34)35-14-8-3-9-15-35/h1-23,37,39-41H,24-30H2,(H,48,53)(H,49,54)(H,50,56)(H,51,55)(H,57,58)/t37-,39-,40-,41+/m1/s1. The second-order valence-electron chi connectivity index (χ2n) is 14.5. The second-order valence-corrected chi connectivity index (χ2v) is 14.5. The minimum absolute atomic E-state index is 0.0297. The number of aliphatic carboxylic acids is 1. The Bertz CT molecular complexity index is 2200. The SMILES string of the molecule is O=C1CCC(=O)N[C@H](Cc2ccccc2)C(=O)N[C@@H](Cc2ccc(-c3ccccc3)cc2)C(=O)N[C@H](Cc2ccccc2)C(=O)C[C@H](C(=O)O)Cc2ccc(cc2)N1. The van der Waals surface area contributed by atoms with E-state index in [1.807, 2.05) is 115 Å². The van der Waals surface area contributed by atoms with E-state index in [0.717, 1.165) is 27.8 Å². The molecular formula is C47H46N4O7. The molecule has 5 aromatic carbocycles. The molecule has 2 heterocycles. The van der Waals surface area contributed by atoms with E-state index in [0.29, 0.717) is 11.3 Å². The van der Waals surface area contributed by atoms with Crippen molar-refractivity contribution in [1.82, 2.24) is 16.0 Å². The molecule has 2 aliphatic heterocycles. The van der Waals surface area contributed by atoms with E-state index in [2.05, 4.69) is 21.3 Å². The van der Waals surface area contributed by atoms with E-state index in [1.165, 1.54) is 0 Å². The third-order valence-electron chi connectivity index (χ3n) is 10.2. The van der Waals surface area contributed by atoms with Gasteiger partial charge < -0.3 is 26.4 Å². The molecule has 296 valence electrons. The largest absolute Gasteiger partial charge is 0.481 e. The summed E-state index contributed by atoms with van der Waals surface area (Å²) >= 11 is 0. The molecule has 2 aliphatic rings. The number of carbonyl (C=O) groups is 6. The number of benzene rings is 5.